The number of ether oxygens (including phenoxy) is 3. The second kappa shape index (κ2) is 15.6. The lowest BCUT2D eigenvalue weighted by Crippen LogP contribution is -2.18. The molecule has 1 N–H and O–H groups in total. The van der Waals surface area contributed by atoms with E-state index in [2.05, 4.69) is 4.74 Å². The monoisotopic (exact) mass is 396 g/mol. The van der Waals surface area contributed by atoms with E-state index in [1.807, 2.05) is 13.8 Å². The largest absolute Gasteiger partial charge is 0.464 e. The SMILES string of the molecule is CCCCOC(=O)c1ccccc1C(=O)OCCCC.CCOC(=O)C(C)O. The number of hydrogen-bond donors (Lipinski definition) is 1. The first-order valence-corrected chi connectivity index (χ1v) is 9.66. The third-order valence-electron chi connectivity index (χ3n) is 3.46. The molecule has 0 aliphatic carbocycles. The van der Waals surface area contributed by atoms with Crippen molar-refractivity contribution in [1.29, 1.82) is 0 Å². The first kappa shape index (κ1) is 25.6. The molecule has 1 atom stereocenters. The predicted molar refractivity (Wildman–Crippen MR) is 105 cm³/mol. The lowest BCUT2D eigenvalue weighted by Gasteiger charge is -2.09. The van der Waals surface area contributed by atoms with E-state index in [1.165, 1.54) is 6.92 Å². The van der Waals surface area contributed by atoms with E-state index in [1.54, 1.807) is 31.2 Å². The maximum Gasteiger partial charge on any atom is 0.339 e. The van der Waals surface area contributed by atoms with Gasteiger partial charge in [0.05, 0.1) is 30.9 Å². The molecule has 7 heteroatoms. The van der Waals surface area contributed by atoms with Crippen LogP contribution in [0.15, 0.2) is 24.3 Å². The zero-order valence-corrected chi connectivity index (χ0v) is 17.2. The summed E-state index contributed by atoms with van der Waals surface area (Å²) in [5.74, 6) is -1.50. The summed E-state index contributed by atoms with van der Waals surface area (Å²) in [5.41, 5.74) is 0.537. The Balaban J connectivity index is 0.000000769. The van der Waals surface area contributed by atoms with Crippen molar-refractivity contribution in [2.45, 2.75) is 59.5 Å². The van der Waals surface area contributed by atoms with Gasteiger partial charge in [0.1, 0.15) is 6.10 Å². The van der Waals surface area contributed by atoms with Crippen LogP contribution in [0, 0.1) is 0 Å². The minimum Gasteiger partial charge on any atom is -0.464 e. The summed E-state index contributed by atoms with van der Waals surface area (Å²) in [6.07, 6.45) is 2.54. The summed E-state index contributed by atoms with van der Waals surface area (Å²) in [5, 5.41) is 8.48. The molecule has 1 unspecified atom stereocenters. The first-order valence-electron chi connectivity index (χ1n) is 9.66. The van der Waals surface area contributed by atoms with E-state index in [-0.39, 0.29) is 11.1 Å². The Morgan fingerprint density at radius 3 is 1.57 bits per heavy atom. The van der Waals surface area contributed by atoms with Crippen molar-refractivity contribution in [3.8, 4) is 0 Å². The van der Waals surface area contributed by atoms with E-state index >= 15 is 0 Å². The Morgan fingerprint density at radius 2 is 1.29 bits per heavy atom. The van der Waals surface area contributed by atoms with Crippen molar-refractivity contribution in [2.24, 2.45) is 0 Å². The Labute approximate surface area is 167 Å². The van der Waals surface area contributed by atoms with Crippen LogP contribution in [-0.4, -0.2) is 48.9 Å². The quantitative estimate of drug-likeness (QED) is 0.367. The highest BCUT2D eigenvalue weighted by Gasteiger charge is 2.18. The number of unbranched alkanes of at least 4 members (excludes halogenated alkanes) is 2. The maximum absolute atomic E-state index is 11.9. The van der Waals surface area contributed by atoms with Crippen molar-refractivity contribution < 1.29 is 33.7 Å². The van der Waals surface area contributed by atoms with Crippen molar-refractivity contribution in [3.63, 3.8) is 0 Å². The van der Waals surface area contributed by atoms with Crippen LogP contribution in [-0.2, 0) is 19.0 Å². The van der Waals surface area contributed by atoms with Gasteiger partial charge in [0.2, 0.25) is 0 Å². The number of rotatable bonds is 10. The summed E-state index contributed by atoms with van der Waals surface area (Å²) in [6, 6.07) is 6.59. The lowest BCUT2D eigenvalue weighted by atomic mass is 10.1. The summed E-state index contributed by atoms with van der Waals surface area (Å²) < 4.78 is 14.7. The van der Waals surface area contributed by atoms with E-state index in [0.29, 0.717) is 19.8 Å². The van der Waals surface area contributed by atoms with Crippen LogP contribution in [0.4, 0.5) is 0 Å². The fraction of sp³-hybridized carbons (Fsp3) is 0.571. The zero-order chi connectivity index (χ0) is 21.4. The van der Waals surface area contributed by atoms with Gasteiger partial charge in [-0.1, -0.05) is 38.8 Å². The summed E-state index contributed by atoms with van der Waals surface area (Å²) in [6.45, 7) is 8.17. The number of carbonyl (C=O) groups is 3. The van der Waals surface area contributed by atoms with Crippen molar-refractivity contribution in [1.82, 2.24) is 0 Å². The molecule has 158 valence electrons. The summed E-state index contributed by atoms with van der Waals surface area (Å²) >= 11 is 0. The molecule has 1 aromatic rings. The van der Waals surface area contributed by atoms with Gasteiger partial charge in [0.15, 0.2) is 0 Å². The second-order valence-corrected chi connectivity index (χ2v) is 5.95. The molecule has 0 fully saturated rings. The number of benzene rings is 1. The fourth-order valence-electron chi connectivity index (χ4n) is 1.88. The van der Waals surface area contributed by atoms with Crippen molar-refractivity contribution in [3.05, 3.63) is 35.4 Å². The van der Waals surface area contributed by atoms with Crippen LogP contribution in [0.3, 0.4) is 0 Å². The van der Waals surface area contributed by atoms with Gasteiger partial charge in [-0.2, -0.15) is 0 Å². The topological polar surface area (TPSA) is 99.1 Å². The number of esters is 3. The molecule has 28 heavy (non-hydrogen) atoms. The van der Waals surface area contributed by atoms with Crippen LogP contribution in [0.5, 0.6) is 0 Å². The van der Waals surface area contributed by atoms with Gasteiger partial charge in [-0.05, 0) is 38.8 Å². The van der Waals surface area contributed by atoms with Gasteiger partial charge >= 0.3 is 17.9 Å². The molecule has 7 nitrogen and oxygen atoms in total. The molecule has 1 rings (SSSR count). The van der Waals surface area contributed by atoms with Crippen LogP contribution < -0.4 is 0 Å². The molecule has 0 aromatic heterocycles. The van der Waals surface area contributed by atoms with Gasteiger partial charge in [0.25, 0.3) is 0 Å². The third kappa shape index (κ3) is 10.7. The van der Waals surface area contributed by atoms with Crippen LogP contribution >= 0.6 is 0 Å². The number of carbonyl (C=O) groups excluding carboxylic acids is 3. The third-order valence-corrected chi connectivity index (χ3v) is 3.46. The highest BCUT2D eigenvalue weighted by atomic mass is 16.5. The van der Waals surface area contributed by atoms with Crippen molar-refractivity contribution in [2.75, 3.05) is 19.8 Å². The molecule has 1 aromatic carbocycles. The van der Waals surface area contributed by atoms with E-state index in [4.69, 9.17) is 14.6 Å². The summed E-state index contributed by atoms with van der Waals surface area (Å²) in [4.78, 5) is 34.2. The molecule has 0 aliphatic rings. The van der Waals surface area contributed by atoms with Crippen LogP contribution in [0.2, 0.25) is 0 Å². The molecule has 0 amide bonds. The minimum absolute atomic E-state index is 0.269. The standard InChI is InChI=1S/C16H22O4.C5H10O3/c1-3-5-11-19-15(17)13-9-7-8-10-14(13)16(18)20-12-6-4-2;1-3-8-5(7)4(2)6/h7-10H,3-6,11-12H2,1-2H3;4,6H,3H2,1-2H3. The molecule has 0 aliphatic heterocycles. The van der Waals surface area contributed by atoms with Gasteiger partial charge in [-0.25, -0.2) is 14.4 Å². The molecular weight excluding hydrogens is 364 g/mol. The van der Waals surface area contributed by atoms with Gasteiger partial charge < -0.3 is 19.3 Å². The number of aliphatic hydroxyl groups excluding tert-OH is 1. The van der Waals surface area contributed by atoms with Crippen LogP contribution in [0.25, 0.3) is 0 Å². The average molecular weight is 396 g/mol. The number of hydrogen-bond acceptors (Lipinski definition) is 7. The lowest BCUT2D eigenvalue weighted by molar-refractivity contribution is -0.151. The van der Waals surface area contributed by atoms with E-state index in [9.17, 15) is 14.4 Å². The summed E-state index contributed by atoms with van der Waals surface area (Å²) in [7, 11) is 0. The van der Waals surface area contributed by atoms with E-state index < -0.39 is 24.0 Å². The smallest absolute Gasteiger partial charge is 0.339 e. The Hall–Kier alpha value is -2.41. The first-order chi connectivity index (χ1) is 13.4. The highest BCUT2D eigenvalue weighted by molar-refractivity contribution is 6.03. The molecule has 0 radical (unpaired) electrons. The van der Waals surface area contributed by atoms with Crippen LogP contribution in [0.1, 0.15) is 74.1 Å². The molecular formula is C21H32O7. The molecule has 0 bridgehead atoms. The molecule has 0 saturated carbocycles. The molecule has 0 spiro atoms. The minimum atomic E-state index is -0.991. The maximum atomic E-state index is 11.9. The zero-order valence-electron chi connectivity index (χ0n) is 17.2. The van der Waals surface area contributed by atoms with Gasteiger partial charge in [0, 0.05) is 0 Å². The Kier molecular flexibility index (Phi) is 14.3. The average Bonchev–Trinajstić information content (AvgIpc) is 2.68. The van der Waals surface area contributed by atoms with Crippen molar-refractivity contribution >= 4 is 17.9 Å². The highest BCUT2D eigenvalue weighted by Crippen LogP contribution is 2.12. The normalized spacial score (nSPS) is 10.9. The molecule has 0 saturated heterocycles. The Bertz CT molecular complexity index is 555. The number of aliphatic hydroxyl groups is 1. The van der Waals surface area contributed by atoms with E-state index in [0.717, 1.165) is 25.7 Å². The Morgan fingerprint density at radius 1 is 0.857 bits per heavy atom. The fourth-order valence-corrected chi connectivity index (χ4v) is 1.88. The molecule has 0 heterocycles. The van der Waals surface area contributed by atoms with Gasteiger partial charge in [-0.15, -0.1) is 0 Å². The predicted octanol–water partition coefficient (Wildman–Crippen LogP) is 3.53. The van der Waals surface area contributed by atoms with Gasteiger partial charge in [-0.3, -0.25) is 0 Å². The second-order valence-electron chi connectivity index (χ2n) is 5.95.